The maximum absolute atomic E-state index is 11.4. The van der Waals surface area contributed by atoms with Gasteiger partial charge in [-0.25, -0.2) is 0 Å². The summed E-state index contributed by atoms with van der Waals surface area (Å²) in [5.74, 6) is -1.09. The van der Waals surface area contributed by atoms with Crippen molar-refractivity contribution in [3.8, 4) is 6.07 Å². The molecule has 2 aliphatic rings. The number of H-pyrrole nitrogens is 1. The molecule has 2 aromatic rings. The summed E-state index contributed by atoms with van der Waals surface area (Å²) < 4.78 is 0. The highest BCUT2D eigenvalue weighted by atomic mass is 16.1. The second-order valence-electron chi connectivity index (χ2n) is 6.90. The summed E-state index contributed by atoms with van der Waals surface area (Å²) in [6.45, 7) is 0.843. The smallest absolute Gasteiger partial charge is 0.234 e. The number of nitrogens with two attached hydrogens (primary N) is 1. The van der Waals surface area contributed by atoms with Gasteiger partial charge in [0.05, 0.1) is 6.07 Å². The van der Waals surface area contributed by atoms with E-state index in [1.54, 1.807) is 0 Å². The molecule has 1 amide bonds. The summed E-state index contributed by atoms with van der Waals surface area (Å²) in [4.78, 5) is 17.1. The topological polar surface area (TPSA) is 85.9 Å². The number of hydrogen-bond donors (Lipinski definition) is 2. The van der Waals surface area contributed by atoms with E-state index in [1.165, 1.54) is 27.6 Å². The zero-order valence-electron chi connectivity index (χ0n) is 13.6. The Morgan fingerprint density at radius 2 is 2.38 bits per heavy atom. The molecule has 3 N–H and O–H groups in total. The number of carbonyl (C=O) groups is 1. The first-order valence-electron chi connectivity index (χ1n) is 8.28. The number of likely N-dealkylation sites (N-methyl/N-ethyl adjacent to an activating group) is 1. The Morgan fingerprint density at radius 1 is 1.54 bits per heavy atom. The van der Waals surface area contributed by atoms with Gasteiger partial charge >= 0.3 is 0 Å². The van der Waals surface area contributed by atoms with E-state index < -0.39 is 11.8 Å². The molecule has 5 nitrogen and oxygen atoms in total. The van der Waals surface area contributed by atoms with Gasteiger partial charge in [-0.05, 0) is 48.6 Å². The van der Waals surface area contributed by atoms with E-state index >= 15 is 0 Å². The predicted molar refractivity (Wildman–Crippen MR) is 92.8 cm³/mol. The number of nitriles is 1. The van der Waals surface area contributed by atoms with Crippen molar-refractivity contribution in [1.29, 1.82) is 5.26 Å². The standard InChI is InChI=1S/C19H20N4O/c1-23-10-11(5-12(8-20)19(21)24)6-15-14-3-2-4-16-18(14)13(9-22-16)7-17(15)23/h2-4,6,9,11-12,17,22H,5,7,10H2,1H3,(H2,21,24)/t11?,12?,17-/m1/s1. The van der Waals surface area contributed by atoms with Gasteiger partial charge in [0, 0.05) is 29.7 Å². The maximum atomic E-state index is 11.4. The molecule has 2 unspecified atom stereocenters. The van der Waals surface area contributed by atoms with Gasteiger partial charge < -0.3 is 10.7 Å². The third kappa shape index (κ3) is 2.22. The Hall–Kier alpha value is -2.58. The first kappa shape index (κ1) is 15.0. The SMILES string of the molecule is CN1CC(CC(C#N)C(N)=O)C=C2c3cccc4[nH]cc(c34)C[C@H]21. The molecule has 1 aromatic heterocycles. The van der Waals surface area contributed by atoms with Crippen LogP contribution in [-0.4, -0.2) is 35.4 Å². The van der Waals surface area contributed by atoms with Crippen molar-refractivity contribution in [2.45, 2.75) is 18.9 Å². The number of primary amides is 1. The van der Waals surface area contributed by atoms with Crippen LogP contribution in [0.3, 0.4) is 0 Å². The van der Waals surface area contributed by atoms with E-state index in [0.29, 0.717) is 12.5 Å². The summed E-state index contributed by atoms with van der Waals surface area (Å²) in [6, 6.07) is 8.74. The van der Waals surface area contributed by atoms with Crippen LogP contribution in [-0.2, 0) is 11.2 Å². The number of aromatic nitrogens is 1. The molecule has 1 aliphatic heterocycles. The molecule has 1 aromatic carbocycles. The van der Waals surface area contributed by atoms with Gasteiger partial charge in [0.1, 0.15) is 5.92 Å². The van der Waals surface area contributed by atoms with Crippen LogP contribution in [0.4, 0.5) is 0 Å². The average Bonchev–Trinajstić information content (AvgIpc) is 2.98. The molecule has 0 saturated heterocycles. The monoisotopic (exact) mass is 320 g/mol. The van der Waals surface area contributed by atoms with Crippen LogP contribution in [0.1, 0.15) is 17.5 Å². The molecule has 0 spiro atoms. The zero-order valence-corrected chi connectivity index (χ0v) is 13.6. The lowest BCUT2D eigenvalue weighted by molar-refractivity contribution is -0.120. The van der Waals surface area contributed by atoms with E-state index in [4.69, 9.17) is 11.0 Å². The number of nitrogens with one attached hydrogen (secondary N) is 1. The number of aromatic amines is 1. The quantitative estimate of drug-likeness (QED) is 0.907. The van der Waals surface area contributed by atoms with Crippen molar-refractivity contribution in [3.05, 3.63) is 41.6 Å². The minimum absolute atomic E-state index is 0.161. The number of hydrogen-bond acceptors (Lipinski definition) is 3. The summed E-state index contributed by atoms with van der Waals surface area (Å²) in [5.41, 5.74) is 10.4. The van der Waals surface area contributed by atoms with E-state index in [9.17, 15) is 4.79 Å². The van der Waals surface area contributed by atoms with Crippen molar-refractivity contribution >= 4 is 22.4 Å². The lowest BCUT2D eigenvalue weighted by Crippen LogP contribution is -2.43. The Kier molecular flexibility index (Phi) is 3.43. The number of carbonyl (C=O) groups excluding carboxylic acids is 1. The van der Waals surface area contributed by atoms with Gasteiger partial charge in [0.2, 0.25) is 5.91 Å². The van der Waals surface area contributed by atoms with Gasteiger partial charge in [0.25, 0.3) is 0 Å². The Bertz CT molecular complexity index is 888. The molecule has 5 heteroatoms. The van der Waals surface area contributed by atoms with Crippen LogP contribution in [0.2, 0.25) is 0 Å². The fourth-order valence-electron chi connectivity index (χ4n) is 4.23. The highest BCUT2D eigenvalue weighted by Crippen LogP contribution is 2.41. The summed E-state index contributed by atoms with van der Waals surface area (Å²) in [6.07, 6.45) is 5.86. The van der Waals surface area contributed by atoms with Crippen LogP contribution in [0.15, 0.2) is 30.5 Å². The van der Waals surface area contributed by atoms with E-state index in [0.717, 1.165) is 13.0 Å². The number of benzene rings is 1. The lowest BCUT2D eigenvalue weighted by Gasteiger charge is -2.40. The molecule has 0 saturated carbocycles. The number of nitrogens with zero attached hydrogens (tertiary/aromatic N) is 2. The Balaban J connectivity index is 1.76. The molecule has 0 radical (unpaired) electrons. The molecular formula is C19H20N4O. The Morgan fingerprint density at radius 3 is 3.12 bits per heavy atom. The minimum Gasteiger partial charge on any atom is -0.369 e. The molecule has 24 heavy (non-hydrogen) atoms. The van der Waals surface area contributed by atoms with Crippen molar-refractivity contribution < 1.29 is 4.79 Å². The van der Waals surface area contributed by atoms with Crippen LogP contribution < -0.4 is 5.73 Å². The molecule has 0 bridgehead atoms. The highest BCUT2D eigenvalue weighted by Gasteiger charge is 2.34. The van der Waals surface area contributed by atoms with Gasteiger partial charge in [0.15, 0.2) is 0 Å². The lowest BCUT2D eigenvalue weighted by atomic mass is 9.78. The van der Waals surface area contributed by atoms with Gasteiger partial charge in [-0.3, -0.25) is 9.69 Å². The van der Waals surface area contributed by atoms with Gasteiger partial charge in [-0.15, -0.1) is 0 Å². The fourth-order valence-corrected chi connectivity index (χ4v) is 4.23. The molecule has 122 valence electrons. The van der Waals surface area contributed by atoms with Crippen molar-refractivity contribution in [2.24, 2.45) is 17.6 Å². The second-order valence-corrected chi connectivity index (χ2v) is 6.90. The summed E-state index contributed by atoms with van der Waals surface area (Å²) in [7, 11) is 2.12. The van der Waals surface area contributed by atoms with Crippen LogP contribution >= 0.6 is 0 Å². The van der Waals surface area contributed by atoms with Crippen molar-refractivity contribution in [1.82, 2.24) is 9.88 Å². The first-order chi connectivity index (χ1) is 11.6. The van der Waals surface area contributed by atoms with Crippen molar-refractivity contribution in [2.75, 3.05) is 13.6 Å². The van der Waals surface area contributed by atoms with Crippen LogP contribution in [0, 0.1) is 23.2 Å². The molecule has 4 rings (SSSR count). The average molecular weight is 320 g/mol. The number of fused-ring (bicyclic) bond motifs is 2. The van der Waals surface area contributed by atoms with E-state index in [1.807, 2.05) is 6.07 Å². The van der Waals surface area contributed by atoms with Gasteiger partial charge in [-0.2, -0.15) is 5.26 Å². The largest absolute Gasteiger partial charge is 0.369 e. The summed E-state index contributed by atoms with van der Waals surface area (Å²) in [5, 5.41) is 10.5. The predicted octanol–water partition coefficient (Wildman–Crippen LogP) is 2.05. The highest BCUT2D eigenvalue weighted by molar-refractivity contribution is 5.98. The number of amides is 1. The van der Waals surface area contributed by atoms with Crippen molar-refractivity contribution in [3.63, 3.8) is 0 Å². The Labute approximate surface area is 140 Å². The third-order valence-electron chi connectivity index (χ3n) is 5.38. The summed E-state index contributed by atoms with van der Waals surface area (Å²) >= 11 is 0. The minimum atomic E-state index is -0.723. The van der Waals surface area contributed by atoms with Crippen LogP contribution in [0.5, 0.6) is 0 Å². The fraction of sp³-hybridized carbons (Fsp3) is 0.368. The first-order valence-corrected chi connectivity index (χ1v) is 8.28. The molecule has 0 fully saturated rings. The molecule has 3 atom stereocenters. The van der Waals surface area contributed by atoms with Crippen LogP contribution in [0.25, 0.3) is 16.5 Å². The van der Waals surface area contributed by atoms with Gasteiger partial charge in [-0.1, -0.05) is 18.2 Å². The molecular weight excluding hydrogens is 300 g/mol. The molecule has 1 aliphatic carbocycles. The maximum Gasteiger partial charge on any atom is 0.234 e. The zero-order chi connectivity index (χ0) is 16.8. The number of rotatable bonds is 3. The van der Waals surface area contributed by atoms with E-state index in [-0.39, 0.29) is 5.92 Å². The van der Waals surface area contributed by atoms with E-state index in [2.05, 4.69) is 47.4 Å². The normalized spacial score (nSPS) is 24.1. The molecule has 2 heterocycles. The second kappa shape index (κ2) is 5.50. The third-order valence-corrected chi connectivity index (χ3v) is 5.38.